The van der Waals surface area contributed by atoms with Crippen molar-refractivity contribution in [1.82, 2.24) is 10.6 Å². The van der Waals surface area contributed by atoms with Crippen LogP contribution in [0.1, 0.15) is 29.6 Å². The topological polar surface area (TPSA) is 41.1 Å². The Morgan fingerprint density at radius 3 is 2.76 bits per heavy atom. The molecule has 1 heterocycles. The number of carbonyl (C=O) groups is 1. The number of terminal acetylenes is 1. The van der Waals surface area contributed by atoms with Crippen LogP contribution >= 0.6 is 11.3 Å². The van der Waals surface area contributed by atoms with Crippen LogP contribution in [0.15, 0.2) is 12.1 Å². The third kappa shape index (κ3) is 4.22. The Bertz CT molecular complexity index is 419. The Hall–Kier alpha value is -1.31. The summed E-state index contributed by atoms with van der Waals surface area (Å²) in [7, 11) is 0. The van der Waals surface area contributed by atoms with Crippen molar-refractivity contribution in [3.63, 3.8) is 0 Å². The second-order valence-electron chi connectivity index (χ2n) is 3.98. The monoisotopic (exact) mass is 250 g/mol. The molecular weight excluding hydrogens is 232 g/mol. The Kier molecular flexibility index (Phi) is 5.20. The van der Waals surface area contributed by atoms with Crippen molar-refractivity contribution in [1.29, 1.82) is 0 Å². The summed E-state index contributed by atoms with van der Waals surface area (Å²) in [6.07, 6.45) is 5.09. The first-order valence-corrected chi connectivity index (χ1v) is 6.39. The minimum Gasteiger partial charge on any atom is -0.344 e. The van der Waals surface area contributed by atoms with E-state index in [1.54, 1.807) is 11.3 Å². The Labute approximate surface area is 107 Å². The number of aryl methyl sites for hydroxylation is 1. The lowest BCUT2D eigenvalue weighted by molar-refractivity contribution is -0.122. The average molecular weight is 250 g/mol. The van der Waals surface area contributed by atoms with E-state index in [1.807, 2.05) is 6.92 Å². The lowest BCUT2D eigenvalue weighted by Crippen LogP contribution is -2.43. The molecule has 0 radical (unpaired) electrons. The van der Waals surface area contributed by atoms with Crippen LogP contribution in [0.5, 0.6) is 0 Å². The maximum Gasteiger partial charge on any atom is 0.237 e. The number of carbonyl (C=O) groups excluding carboxylic acids is 1. The van der Waals surface area contributed by atoms with Gasteiger partial charge in [0.1, 0.15) is 0 Å². The molecule has 1 rings (SSSR count). The summed E-state index contributed by atoms with van der Waals surface area (Å²) in [5, 5.41) is 5.91. The van der Waals surface area contributed by atoms with Gasteiger partial charge >= 0.3 is 0 Å². The molecule has 1 aromatic heterocycles. The fraction of sp³-hybridized carbons (Fsp3) is 0.462. The van der Waals surface area contributed by atoms with Crippen LogP contribution in [-0.2, 0) is 4.79 Å². The number of thiophene rings is 1. The van der Waals surface area contributed by atoms with Gasteiger partial charge in [-0.05, 0) is 32.9 Å². The van der Waals surface area contributed by atoms with E-state index in [9.17, 15) is 4.79 Å². The summed E-state index contributed by atoms with van der Waals surface area (Å²) in [5.41, 5.74) is 0. The summed E-state index contributed by atoms with van der Waals surface area (Å²) in [5.74, 6) is 2.32. The minimum absolute atomic E-state index is 0.0666. The molecule has 0 aliphatic carbocycles. The van der Waals surface area contributed by atoms with Crippen molar-refractivity contribution < 1.29 is 4.79 Å². The molecule has 0 aromatic carbocycles. The first kappa shape index (κ1) is 13.8. The third-order valence-corrected chi connectivity index (χ3v) is 3.63. The molecule has 4 heteroatoms. The Morgan fingerprint density at radius 2 is 2.24 bits per heavy atom. The normalized spacial score (nSPS) is 13.8. The smallest absolute Gasteiger partial charge is 0.237 e. The molecule has 0 aliphatic rings. The molecule has 0 bridgehead atoms. The number of hydrogen-bond donors (Lipinski definition) is 2. The third-order valence-electron chi connectivity index (χ3n) is 2.45. The van der Waals surface area contributed by atoms with Crippen LogP contribution in [-0.4, -0.2) is 18.5 Å². The Morgan fingerprint density at radius 1 is 1.53 bits per heavy atom. The highest BCUT2D eigenvalue weighted by molar-refractivity contribution is 7.12. The van der Waals surface area contributed by atoms with Crippen LogP contribution in [0.4, 0.5) is 0 Å². The van der Waals surface area contributed by atoms with E-state index >= 15 is 0 Å². The highest BCUT2D eigenvalue weighted by atomic mass is 32.1. The lowest BCUT2D eigenvalue weighted by Gasteiger charge is -2.18. The predicted octanol–water partition coefficient (Wildman–Crippen LogP) is 1.85. The van der Waals surface area contributed by atoms with Crippen LogP contribution in [0, 0.1) is 19.3 Å². The van der Waals surface area contributed by atoms with Gasteiger partial charge in [-0.15, -0.1) is 17.8 Å². The fourth-order valence-electron chi connectivity index (χ4n) is 1.51. The van der Waals surface area contributed by atoms with Crippen LogP contribution < -0.4 is 10.6 Å². The van der Waals surface area contributed by atoms with Gasteiger partial charge in [-0.1, -0.05) is 5.92 Å². The molecule has 2 N–H and O–H groups in total. The van der Waals surface area contributed by atoms with Gasteiger partial charge in [0.2, 0.25) is 5.91 Å². The van der Waals surface area contributed by atoms with Gasteiger partial charge in [0.15, 0.2) is 0 Å². The minimum atomic E-state index is -0.249. The van der Waals surface area contributed by atoms with Gasteiger partial charge in [0.05, 0.1) is 12.6 Å². The second-order valence-corrected chi connectivity index (χ2v) is 5.30. The van der Waals surface area contributed by atoms with Crippen LogP contribution in [0.25, 0.3) is 0 Å². The van der Waals surface area contributed by atoms with Gasteiger partial charge < -0.3 is 5.32 Å². The summed E-state index contributed by atoms with van der Waals surface area (Å²) in [6.45, 7) is 6.24. The van der Waals surface area contributed by atoms with Gasteiger partial charge in [0.25, 0.3) is 0 Å². The lowest BCUT2D eigenvalue weighted by atomic mass is 10.2. The van der Waals surface area contributed by atoms with E-state index < -0.39 is 0 Å². The van der Waals surface area contributed by atoms with Crippen molar-refractivity contribution in [2.75, 3.05) is 6.54 Å². The van der Waals surface area contributed by atoms with E-state index in [1.165, 1.54) is 9.75 Å². The summed E-state index contributed by atoms with van der Waals surface area (Å²) >= 11 is 1.74. The zero-order valence-electron chi connectivity index (χ0n) is 10.4. The van der Waals surface area contributed by atoms with E-state index in [2.05, 4.69) is 42.5 Å². The largest absolute Gasteiger partial charge is 0.344 e. The number of rotatable bonds is 5. The molecule has 0 aliphatic heterocycles. The molecule has 3 nitrogen and oxygen atoms in total. The zero-order valence-corrected chi connectivity index (χ0v) is 11.2. The highest BCUT2D eigenvalue weighted by Crippen LogP contribution is 2.22. The maximum absolute atomic E-state index is 11.6. The van der Waals surface area contributed by atoms with Crippen molar-refractivity contribution >= 4 is 17.2 Å². The fourth-order valence-corrected chi connectivity index (χ4v) is 2.40. The summed E-state index contributed by atoms with van der Waals surface area (Å²) < 4.78 is 0. The maximum atomic E-state index is 11.6. The first-order chi connectivity index (χ1) is 8.04. The first-order valence-electron chi connectivity index (χ1n) is 5.58. The molecule has 0 saturated heterocycles. The van der Waals surface area contributed by atoms with Crippen molar-refractivity contribution in [2.24, 2.45) is 0 Å². The molecule has 17 heavy (non-hydrogen) atoms. The van der Waals surface area contributed by atoms with Gasteiger partial charge in [-0.3, -0.25) is 10.1 Å². The average Bonchev–Trinajstić information content (AvgIpc) is 2.72. The summed E-state index contributed by atoms with van der Waals surface area (Å²) in [6, 6.07) is 4.09. The Balaban J connectivity index is 2.48. The molecule has 1 amide bonds. The van der Waals surface area contributed by atoms with Crippen molar-refractivity contribution in [2.45, 2.75) is 32.9 Å². The number of amides is 1. The SMILES string of the molecule is C#CCNC(=O)C(C)NC(C)c1ccc(C)s1. The molecule has 2 unspecified atom stereocenters. The molecule has 2 atom stereocenters. The molecule has 0 saturated carbocycles. The number of nitrogens with one attached hydrogen (secondary N) is 2. The predicted molar refractivity (Wildman–Crippen MR) is 71.9 cm³/mol. The van der Waals surface area contributed by atoms with E-state index in [-0.39, 0.29) is 24.5 Å². The summed E-state index contributed by atoms with van der Waals surface area (Å²) in [4.78, 5) is 14.1. The van der Waals surface area contributed by atoms with Crippen LogP contribution in [0.2, 0.25) is 0 Å². The van der Waals surface area contributed by atoms with Gasteiger partial charge in [0, 0.05) is 15.8 Å². The molecule has 0 fully saturated rings. The van der Waals surface area contributed by atoms with Crippen molar-refractivity contribution in [3.05, 3.63) is 21.9 Å². The van der Waals surface area contributed by atoms with E-state index in [0.29, 0.717) is 0 Å². The molecule has 0 spiro atoms. The van der Waals surface area contributed by atoms with Crippen molar-refractivity contribution in [3.8, 4) is 12.3 Å². The second kappa shape index (κ2) is 6.43. The quantitative estimate of drug-likeness (QED) is 0.783. The van der Waals surface area contributed by atoms with Gasteiger partial charge in [-0.25, -0.2) is 0 Å². The number of hydrogen-bond acceptors (Lipinski definition) is 3. The molecular formula is C13H18N2OS. The van der Waals surface area contributed by atoms with E-state index in [4.69, 9.17) is 6.42 Å². The molecule has 92 valence electrons. The highest BCUT2D eigenvalue weighted by Gasteiger charge is 2.16. The zero-order chi connectivity index (χ0) is 12.8. The standard InChI is InChI=1S/C13H18N2OS/c1-5-8-14-13(16)11(4)15-10(3)12-7-6-9(2)17-12/h1,6-7,10-11,15H,8H2,2-4H3,(H,14,16). The van der Waals surface area contributed by atoms with Crippen LogP contribution in [0.3, 0.4) is 0 Å². The molecule has 1 aromatic rings. The van der Waals surface area contributed by atoms with E-state index in [0.717, 1.165) is 0 Å². The van der Waals surface area contributed by atoms with Gasteiger partial charge in [-0.2, -0.15) is 0 Å².